The van der Waals surface area contributed by atoms with Crippen molar-refractivity contribution < 1.29 is 32.4 Å². The molecule has 2 amide bonds. The van der Waals surface area contributed by atoms with E-state index in [2.05, 4.69) is 15.8 Å². The van der Waals surface area contributed by atoms with Crippen molar-refractivity contribution in [1.29, 1.82) is 0 Å². The Balaban J connectivity index is 1.37. The van der Waals surface area contributed by atoms with E-state index in [4.69, 9.17) is 9.47 Å². The number of methoxy groups -OCH3 is 1. The Morgan fingerprint density at radius 1 is 0.932 bits per heavy atom. The molecule has 44 heavy (non-hydrogen) atoms. The van der Waals surface area contributed by atoms with Crippen LogP contribution < -0.4 is 24.5 Å². The number of carbonyl (C=O) groups is 2. The van der Waals surface area contributed by atoms with Gasteiger partial charge in [-0.05, 0) is 60.2 Å². The predicted octanol–water partition coefficient (Wildman–Crippen LogP) is 3.97. The molecule has 13 nitrogen and oxygen atoms in total. The first kappa shape index (κ1) is 31.2. The fourth-order valence-corrected chi connectivity index (χ4v) is 5.31. The summed E-state index contributed by atoms with van der Waals surface area (Å²) in [5, 5.41) is 17.9. The van der Waals surface area contributed by atoms with Gasteiger partial charge < -0.3 is 14.8 Å². The maximum Gasteiger partial charge on any atom is 0.271 e. The molecule has 226 valence electrons. The fraction of sp³-hybridized carbons (Fsp3) is 0.100. The lowest BCUT2D eigenvalue weighted by Crippen LogP contribution is -2.39. The van der Waals surface area contributed by atoms with Crippen molar-refractivity contribution >= 4 is 45.1 Å². The molecular weight excluding hydrogens is 590 g/mol. The third-order valence-electron chi connectivity index (χ3n) is 5.98. The van der Waals surface area contributed by atoms with Crippen LogP contribution in [-0.4, -0.2) is 51.6 Å². The maximum absolute atomic E-state index is 13.4. The summed E-state index contributed by atoms with van der Waals surface area (Å²) < 4.78 is 38.3. The second kappa shape index (κ2) is 14.4. The lowest BCUT2D eigenvalue weighted by Gasteiger charge is -2.23. The number of hydrogen-bond donors (Lipinski definition) is 2. The average Bonchev–Trinajstić information content (AvgIpc) is 3.04. The van der Waals surface area contributed by atoms with Crippen molar-refractivity contribution in [3.05, 3.63) is 119 Å². The lowest BCUT2D eigenvalue weighted by molar-refractivity contribution is -0.384. The van der Waals surface area contributed by atoms with Crippen molar-refractivity contribution in [2.24, 2.45) is 5.10 Å². The number of nitrogens with one attached hydrogen (secondary N) is 2. The van der Waals surface area contributed by atoms with Crippen LogP contribution in [0.15, 0.2) is 113 Å². The van der Waals surface area contributed by atoms with Crippen LogP contribution in [0.2, 0.25) is 0 Å². The highest BCUT2D eigenvalue weighted by Gasteiger charge is 2.28. The largest absolute Gasteiger partial charge is 0.495 e. The third-order valence-corrected chi connectivity index (χ3v) is 7.77. The monoisotopic (exact) mass is 617 g/mol. The molecule has 14 heteroatoms. The fourth-order valence-electron chi connectivity index (χ4n) is 3.87. The zero-order chi connectivity index (χ0) is 31.5. The number of amides is 2. The van der Waals surface area contributed by atoms with E-state index in [-0.39, 0.29) is 28.8 Å². The second-order valence-corrected chi connectivity index (χ2v) is 10.9. The minimum Gasteiger partial charge on any atom is -0.495 e. The molecule has 0 saturated heterocycles. The van der Waals surface area contributed by atoms with Gasteiger partial charge in [-0.3, -0.25) is 24.0 Å². The smallest absolute Gasteiger partial charge is 0.271 e. The molecule has 0 aliphatic carbocycles. The molecule has 0 aliphatic heterocycles. The number of carbonyl (C=O) groups excluding carboxylic acids is 2. The number of benzene rings is 4. The molecule has 4 rings (SSSR count). The van der Waals surface area contributed by atoms with Gasteiger partial charge in [0.2, 0.25) is 0 Å². The summed E-state index contributed by atoms with van der Waals surface area (Å²) >= 11 is 0. The van der Waals surface area contributed by atoms with E-state index in [1.165, 1.54) is 55.8 Å². The SMILES string of the molecule is COc1ccccc1NC(=O)COc1ccc(C=NNC(=O)CN(c2cccc([N+](=O)[O-])c2)S(=O)(=O)c2ccccc2)cc1. The van der Waals surface area contributed by atoms with E-state index in [1.807, 2.05) is 0 Å². The number of nitro groups is 1. The molecule has 0 radical (unpaired) electrons. The van der Waals surface area contributed by atoms with E-state index >= 15 is 0 Å². The van der Waals surface area contributed by atoms with Crippen LogP contribution in [0.1, 0.15) is 5.56 Å². The number of non-ortho nitro benzene ring substituents is 1. The first-order valence-corrected chi connectivity index (χ1v) is 14.4. The van der Waals surface area contributed by atoms with Crippen LogP contribution in [0, 0.1) is 10.1 Å². The number of ether oxygens (including phenoxy) is 2. The quantitative estimate of drug-likeness (QED) is 0.129. The van der Waals surface area contributed by atoms with Gasteiger partial charge in [-0.15, -0.1) is 0 Å². The first-order chi connectivity index (χ1) is 21.2. The van der Waals surface area contributed by atoms with Gasteiger partial charge in [0.15, 0.2) is 6.61 Å². The molecule has 4 aromatic carbocycles. The van der Waals surface area contributed by atoms with Crippen molar-refractivity contribution in [3.63, 3.8) is 0 Å². The molecular formula is C30H27N5O8S. The highest BCUT2D eigenvalue weighted by molar-refractivity contribution is 7.92. The van der Waals surface area contributed by atoms with Gasteiger partial charge in [0.25, 0.3) is 27.5 Å². The van der Waals surface area contributed by atoms with Gasteiger partial charge in [0, 0.05) is 12.1 Å². The van der Waals surface area contributed by atoms with Crippen LogP contribution in [0.25, 0.3) is 0 Å². The highest BCUT2D eigenvalue weighted by Crippen LogP contribution is 2.27. The molecule has 4 aromatic rings. The summed E-state index contributed by atoms with van der Waals surface area (Å²) in [5.74, 6) is -0.226. The van der Waals surface area contributed by atoms with Crippen molar-refractivity contribution in [2.75, 3.05) is 29.9 Å². The number of hydrogen-bond acceptors (Lipinski definition) is 9. The summed E-state index contributed by atoms with van der Waals surface area (Å²) in [4.78, 5) is 35.5. The third kappa shape index (κ3) is 8.17. The molecule has 0 atom stereocenters. The van der Waals surface area contributed by atoms with Crippen LogP contribution in [0.3, 0.4) is 0 Å². The van der Waals surface area contributed by atoms with E-state index in [0.717, 1.165) is 10.4 Å². The molecule has 2 N–H and O–H groups in total. The Morgan fingerprint density at radius 3 is 2.34 bits per heavy atom. The average molecular weight is 618 g/mol. The predicted molar refractivity (Wildman–Crippen MR) is 163 cm³/mol. The van der Waals surface area contributed by atoms with Crippen LogP contribution in [-0.2, 0) is 19.6 Å². The standard InChI is InChI=1S/C30H27N5O8S/c1-42-28-13-6-5-12-27(28)32-30(37)21-43-25-16-14-22(15-17-25)19-31-33-29(36)20-34(23-8-7-9-24(18-23)35(38)39)44(40,41)26-10-3-2-4-11-26/h2-19H,20-21H2,1H3,(H,32,37)(H,33,36). The van der Waals surface area contributed by atoms with Crippen LogP contribution >= 0.6 is 0 Å². The van der Waals surface area contributed by atoms with E-state index in [1.54, 1.807) is 54.6 Å². The maximum atomic E-state index is 13.4. The number of sulfonamides is 1. The Kier molecular flexibility index (Phi) is 10.2. The molecule has 0 bridgehead atoms. The Labute approximate surface area is 252 Å². The van der Waals surface area contributed by atoms with E-state index < -0.39 is 27.4 Å². The van der Waals surface area contributed by atoms with Gasteiger partial charge >= 0.3 is 0 Å². The van der Waals surface area contributed by atoms with Crippen molar-refractivity contribution in [3.8, 4) is 11.5 Å². The Hall–Kier alpha value is -5.76. The lowest BCUT2D eigenvalue weighted by atomic mass is 10.2. The van der Waals surface area contributed by atoms with Crippen molar-refractivity contribution in [1.82, 2.24) is 5.43 Å². The normalized spacial score (nSPS) is 11.0. The number of hydrazone groups is 1. The van der Waals surface area contributed by atoms with Gasteiger partial charge in [0.05, 0.1) is 34.5 Å². The number of nitro benzene ring substituents is 1. The molecule has 0 fully saturated rings. The molecule has 0 heterocycles. The van der Waals surface area contributed by atoms with E-state index in [0.29, 0.717) is 22.7 Å². The first-order valence-electron chi connectivity index (χ1n) is 13.0. The van der Waals surface area contributed by atoms with Crippen LogP contribution in [0.5, 0.6) is 11.5 Å². The number of nitrogens with zero attached hydrogens (tertiary/aromatic N) is 3. The topological polar surface area (TPSA) is 170 Å². The van der Waals surface area contributed by atoms with Gasteiger partial charge in [0.1, 0.15) is 18.0 Å². The molecule has 0 aromatic heterocycles. The van der Waals surface area contributed by atoms with Gasteiger partial charge in [-0.2, -0.15) is 5.10 Å². The van der Waals surface area contributed by atoms with Gasteiger partial charge in [-0.25, -0.2) is 13.8 Å². The minimum atomic E-state index is -4.26. The Morgan fingerprint density at radius 2 is 1.64 bits per heavy atom. The second-order valence-electron chi connectivity index (χ2n) is 9.00. The van der Waals surface area contributed by atoms with Crippen LogP contribution in [0.4, 0.5) is 17.1 Å². The molecule has 0 unspecified atom stereocenters. The highest BCUT2D eigenvalue weighted by atomic mass is 32.2. The van der Waals surface area contributed by atoms with E-state index in [9.17, 15) is 28.1 Å². The molecule has 0 aliphatic rings. The summed E-state index contributed by atoms with van der Waals surface area (Å²) in [6.45, 7) is -0.937. The molecule has 0 saturated carbocycles. The number of rotatable bonds is 13. The number of anilines is 2. The number of para-hydroxylation sites is 2. The van der Waals surface area contributed by atoms with Gasteiger partial charge in [-0.1, -0.05) is 36.4 Å². The summed E-state index contributed by atoms with van der Waals surface area (Å²) in [6.07, 6.45) is 1.33. The zero-order valence-electron chi connectivity index (χ0n) is 23.3. The summed E-state index contributed by atoms with van der Waals surface area (Å²) in [5.41, 5.74) is 2.97. The summed E-state index contributed by atoms with van der Waals surface area (Å²) in [7, 11) is -2.75. The zero-order valence-corrected chi connectivity index (χ0v) is 24.1. The summed E-state index contributed by atoms with van der Waals surface area (Å²) in [6, 6.07) is 25.8. The Bertz CT molecular complexity index is 1760. The minimum absolute atomic E-state index is 0.0608. The van der Waals surface area contributed by atoms with Crippen molar-refractivity contribution in [2.45, 2.75) is 4.90 Å². The molecule has 0 spiro atoms.